The minimum atomic E-state index is -2.69. The van der Waals surface area contributed by atoms with E-state index in [0.29, 0.717) is 5.92 Å². The van der Waals surface area contributed by atoms with E-state index >= 15 is 0 Å². The number of hydrogen-bond donors (Lipinski definition) is 0. The van der Waals surface area contributed by atoms with Gasteiger partial charge in [-0.1, -0.05) is 105 Å². The van der Waals surface area contributed by atoms with Crippen molar-refractivity contribution in [3.8, 4) is 0 Å². The Morgan fingerprint density at radius 1 is 0.680 bits per heavy atom. The summed E-state index contributed by atoms with van der Waals surface area (Å²) in [6.07, 6.45) is 1.87. The Bertz CT molecular complexity index is 705. The van der Waals surface area contributed by atoms with Crippen LogP contribution in [0.4, 0.5) is 0 Å². The molecule has 0 aromatic heterocycles. The molecule has 0 heterocycles. The van der Waals surface area contributed by atoms with Gasteiger partial charge in [0, 0.05) is 6.21 Å². The van der Waals surface area contributed by atoms with Gasteiger partial charge in [-0.3, -0.25) is 0 Å². The second kappa shape index (κ2) is 7.95. The van der Waals surface area contributed by atoms with Gasteiger partial charge in [0.25, 0.3) is 0 Å². The van der Waals surface area contributed by atoms with Crippen LogP contribution >= 0.6 is 0 Å². The molecule has 0 aliphatic carbocycles. The van der Waals surface area contributed by atoms with E-state index in [0.717, 1.165) is 0 Å². The van der Waals surface area contributed by atoms with Crippen LogP contribution in [-0.2, 0) is 4.53 Å². The minimum absolute atomic E-state index is 0.342. The summed E-state index contributed by atoms with van der Waals surface area (Å²) in [6.45, 7) is 4.20. The van der Waals surface area contributed by atoms with E-state index in [1.165, 1.54) is 15.6 Å². The molecule has 0 aliphatic heterocycles. The first kappa shape index (κ1) is 17.2. The van der Waals surface area contributed by atoms with E-state index in [1.807, 2.05) is 24.4 Å². The van der Waals surface area contributed by atoms with E-state index in [9.17, 15) is 0 Å². The largest absolute Gasteiger partial charge is 0.438 e. The lowest BCUT2D eigenvalue weighted by molar-refractivity contribution is 0.348. The molecule has 0 aliphatic rings. The number of oxime groups is 1. The van der Waals surface area contributed by atoms with Gasteiger partial charge in [0.1, 0.15) is 0 Å². The van der Waals surface area contributed by atoms with E-state index in [1.54, 1.807) is 0 Å². The maximum atomic E-state index is 6.41. The molecule has 2 nitrogen and oxygen atoms in total. The molecule has 0 saturated carbocycles. The Hall–Kier alpha value is -2.65. The Morgan fingerprint density at radius 2 is 1.04 bits per heavy atom. The zero-order chi connectivity index (χ0) is 17.5. The van der Waals surface area contributed by atoms with E-state index in [4.69, 9.17) is 4.53 Å². The molecule has 0 saturated heterocycles. The number of hydrogen-bond acceptors (Lipinski definition) is 2. The Labute approximate surface area is 150 Å². The van der Waals surface area contributed by atoms with Crippen molar-refractivity contribution in [1.29, 1.82) is 0 Å². The SMILES string of the molecule is CC(C)/C=N/O[Si](c1ccccc1)(c1ccccc1)c1ccccc1. The molecule has 0 amide bonds. The Morgan fingerprint density at radius 3 is 1.36 bits per heavy atom. The van der Waals surface area contributed by atoms with E-state index in [2.05, 4.69) is 91.8 Å². The second-order valence-corrected chi connectivity index (χ2v) is 9.65. The van der Waals surface area contributed by atoms with Crippen LogP contribution in [0.2, 0.25) is 0 Å². The van der Waals surface area contributed by atoms with E-state index in [-0.39, 0.29) is 0 Å². The molecule has 0 unspecified atom stereocenters. The van der Waals surface area contributed by atoms with Crippen LogP contribution in [0.25, 0.3) is 0 Å². The van der Waals surface area contributed by atoms with Gasteiger partial charge in [-0.15, -0.1) is 5.16 Å². The number of benzene rings is 3. The smallest absolute Gasteiger partial charge is 0.380 e. The molecule has 0 N–H and O–H groups in total. The first-order chi connectivity index (χ1) is 12.2. The predicted octanol–water partition coefficient (Wildman–Crippen LogP) is 3.31. The fourth-order valence-corrected chi connectivity index (χ4v) is 6.43. The van der Waals surface area contributed by atoms with Crippen molar-refractivity contribution in [2.24, 2.45) is 11.1 Å². The molecule has 25 heavy (non-hydrogen) atoms. The Kier molecular flexibility index (Phi) is 5.46. The summed E-state index contributed by atoms with van der Waals surface area (Å²) < 4.78 is 6.41. The third kappa shape index (κ3) is 3.72. The van der Waals surface area contributed by atoms with Crippen molar-refractivity contribution in [3.05, 3.63) is 91.0 Å². The minimum Gasteiger partial charge on any atom is -0.438 e. The van der Waals surface area contributed by atoms with Crippen molar-refractivity contribution in [2.45, 2.75) is 13.8 Å². The van der Waals surface area contributed by atoms with Crippen molar-refractivity contribution in [3.63, 3.8) is 0 Å². The van der Waals surface area contributed by atoms with Gasteiger partial charge in [0.2, 0.25) is 0 Å². The maximum absolute atomic E-state index is 6.41. The highest BCUT2D eigenvalue weighted by atomic mass is 28.4. The lowest BCUT2D eigenvalue weighted by atomic mass is 10.3. The quantitative estimate of drug-likeness (QED) is 0.291. The molecular weight excluding hydrogens is 322 g/mol. The second-order valence-electron chi connectivity index (χ2n) is 6.37. The van der Waals surface area contributed by atoms with Gasteiger partial charge >= 0.3 is 8.32 Å². The molecule has 3 aromatic rings. The van der Waals surface area contributed by atoms with Crippen molar-refractivity contribution >= 4 is 30.1 Å². The maximum Gasteiger partial charge on any atom is 0.380 e. The summed E-state index contributed by atoms with van der Waals surface area (Å²) >= 11 is 0. The van der Waals surface area contributed by atoms with Gasteiger partial charge in [-0.25, -0.2) is 0 Å². The van der Waals surface area contributed by atoms with Crippen LogP contribution in [0.15, 0.2) is 96.2 Å². The fraction of sp³-hybridized carbons (Fsp3) is 0.136. The highest BCUT2D eigenvalue weighted by Crippen LogP contribution is 2.10. The average Bonchev–Trinajstić information content (AvgIpc) is 2.67. The third-order valence-electron chi connectivity index (χ3n) is 4.09. The molecule has 3 aromatic carbocycles. The lowest BCUT2D eigenvalue weighted by Crippen LogP contribution is -2.68. The lowest BCUT2D eigenvalue weighted by Gasteiger charge is -2.30. The van der Waals surface area contributed by atoms with Crippen LogP contribution in [-0.4, -0.2) is 14.5 Å². The normalized spacial score (nSPS) is 11.8. The zero-order valence-corrected chi connectivity index (χ0v) is 15.7. The monoisotopic (exact) mass is 345 g/mol. The van der Waals surface area contributed by atoms with Crippen LogP contribution in [0.3, 0.4) is 0 Å². The predicted molar refractivity (Wildman–Crippen MR) is 108 cm³/mol. The van der Waals surface area contributed by atoms with Crippen molar-refractivity contribution in [2.75, 3.05) is 0 Å². The highest BCUT2D eigenvalue weighted by Gasteiger charge is 2.44. The Balaban J connectivity index is 2.24. The average molecular weight is 346 g/mol. The van der Waals surface area contributed by atoms with Crippen LogP contribution in [0.1, 0.15) is 13.8 Å². The summed E-state index contributed by atoms with van der Waals surface area (Å²) in [7, 11) is -2.69. The van der Waals surface area contributed by atoms with Gasteiger partial charge in [-0.05, 0) is 21.5 Å². The summed E-state index contributed by atoms with van der Waals surface area (Å²) in [5.41, 5.74) is 0. The molecule has 0 atom stereocenters. The van der Waals surface area contributed by atoms with Crippen LogP contribution in [0, 0.1) is 5.92 Å². The summed E-state index contributed by atoms with van der Waals surface area (Å²) in [6, 6.07) is 31.4. The molecule has 3 rings (SSSR count). The molecule has 126 valence electrons. The van der Waals surface area contributed by atoms with Crippen LogP contribution in [0.5, 0.6) is 0 Å². The standard InChI is InChI=1S/C22H23NOSi/c1-19(2)18-23-24-25(20-12-6-3-7-13-20,21-14-8-4-9-15-21)22-16-10-5-11-17-22/h3-19H,1-2H3/b23-18+. The fourth-order valence-electron chi connectivity index (χ4n) is 2.91. The first-order valence-corrected chi connectivity index (χ1v) is 10.5. The molecule has 0 radical (unpaired) electrons. The summed E-state index contributed by atoms with van der Waals surface area (Å²) in [4.78, 5) is 0. The number of rotatable bonds is 6. The zero-order valence-electron chi connectivity index (χ0n) is 14.7. The molecule has 0 fully saturated rings. The van der Waals surface area contributed by atoms with Gasteiger partial charge in [0.05, 0.1) is 0 Å². The van der Waals surface area contributed by atoms with Gasteiger partial charge < -0.3 is 4.53 Å². The van der Waals surface area contributed by atoms with Crippen LogP contribution < -0.4 is 15.6 Å². The summed E-state index contributed by atoms with van der Waals surface area (Å²) in [5.74, 6) is 0.342. The number of nitrogens with zero attached hydrogens (tertiary/aromatic N) is 1. The summed E-state index contributed by atoms with van der Waals surface area (Å²) in [5, 5.41) is 7.97. The van der Waals surface area contributed by atoms with Crippen molar-refractivity contribution in [1.82, 2.24) is 0 Å². The molecule has 3 heteroatoms. The topological polar surface area (TPSA) is 21.6 Å². The highest BCUT2D eigenvalue weighted by molar-refractivity contribution is 7.07. The third-order valence-corrected chi connectivity index (χ3v) is 7.91. The van der Waals surface area contributed by atoms with Gasteiger partial charge in [0.15, 0.2) is 0 Å². The van der Waals surface area contributed by atoms with Crippen molar-refractivity contribution < 1.29 is 4.53 Å². The molecule has 0 bridgehead atoms. The first-order valence-electron chi connectivity index (χ1n) is 8.61. The molecule has 0 spiro atoms. The molecular formula is C22H23NOSi. The van der Waals surface area contributed by atoms with E-state index < -0.39 is 8.32 Å². The van der Waals surface area contributed by atoms with Gasteiger partial charge in [-0.2, -0.15) is 0 Å².